The molecule has 4 N–H and O–H groups in total. The van der Waals surface area contributed by atoms with Gasteiger partial charge >= 0.3 is 0 Å². The maximum atomic E-state index is 11.5. The molecule has 0 saturated carbocycles. The zero-order valence-corrected chi connectivity index (χ0v) is 11.2. The Labute approximate surface area is 107 Å². The van der Waals surface area contributed by atoms with Crippen LogP contribution in [0, 0.1) is 5.92 Å². The zero-order chi connectivity index (χ0) is 13.5. The van der Waals surface area contributed by atoms with Crippen LogP contribution in [0.15, 0.2) is 11.1 Å². The van der Waals surface area contributed by atoms with Gasteiger partial charge < -0.3 is 20.8 Å². The topological polar surface area (TPSA) is 93.0 Å². The molecule has 0 amide bonds. The van der Waals surface area contributed by atoms with Crippen LogP contribution in [-0.4, -0.2) is 29.7 Å². The monoisotopic (exact) mass is 254 g/mol. The van der Waals surface area contributed by atoms with Crippen LogP contribution in [0.1, 0.15) is 26.7 Å². The van der Waals surface area contributed by atoms with Crippen molar-refractivity contribution in [1.82, 2.24) is 9.97 Å². The number of methoxy groups -OCH3 is 1. The van der Waals surface area contributed by atoms with Crippen molar-refractivity contribution in [1.29, 1.82) is 0 Å². The molecule has 6 heteroatoms. The van der Waals surface area contributed by atoms with E-state index in [-0.39, 0.29) is 17.4 Å². The highest BCUT2D eigenvalue weighted by Gasteiger charge is 2.15. The van der Waals surface area contributed by atoms with E-state index in [1.54, 1.807) is 0 Å². The molecule has 18 heavy (non-hydrogen) atoms. The maximum Gasteiger partial charge on any atom is 0.295 e. The molecule has 0 spiro atoms. The molecule has 0 aromatic carbocycles. The number of aromatic amines is 1. The minimum atomic E-state index is -0.300. The van der Waals surface area contributed by atoms with Gasteiger partial charge in [-0.05, 0) is 5.92 Å². The lowest BCUT2D eigenvalue weighted by molar-refractivity contribution is 0.399. The third kappa shape index (κ3) is 3.46. The average Bonchev–Trinajstić information content (AvgIpc) is 2.37. The summed E-state index contributed by atoms with van der Waals surface area (Å²) in [7, 11) is 1.44. The summed E-state index contributed by atoms with van der Waals surface area (Å²) in [4.78, 5) is 18.0. The van der Waals surface area contributed by atoms with Gasteiger partial charge in [-0.15, -0.1) is 0 Å². The minimum absolute atomic E-state index is 0.0331. The fourth-order valence-electron chi connectivity index (χ4n) is 1.98. The van der Waals surface area contributed by atoms with E-state index in [2.05, 4.69) is 29.1 Å². The Bertz CT molecular complexity index is 415. The first-order valence-corrected chi connectivity index (χ1v) is 6.25. The summed E-state index contributed by atoms with van der Waals surface area (Å²) in [6.07, 6.45) is 3.43. The van der Waals surface area contributed by atoms with Crippen molar-refractivity contribution in [2.24, 2.45) is 11.7 Å². The fourth-order valence-corrected chi connectivity index (χ4v) is 1.98. The predicted molar refractivity (Wildman–Crippen MR) is 71.9 cm³/mol. The molecular weight excluding hydrogens is 232 g/mol. The molecule has 1 rings (SSSR count). The molecule has 0 aliphatic rings. The van der Waals surface area contributed by atoms with Gasteiger partial charge in [-0.1, -0.05) is 26.7 Å². The van der Waals surface area contributed by atoms with Crippen LogP contribution in [-0.2, 0) is 0 Å². The van der Waals surface area contributed by atoms with E-state index in [1.807, 2.05) is 0 Å². The Balaban J connectivity index is 2.69. The number of nitrogens with zero attached hydrogens (tertiary/aromatic N) is 1. The molecule has 0 fully saturated rings. The number of H-pyrrole nitrogens is 1. The molecule has 1 unspecified atom stereocenters. The molecule has 1 heterocycles. The lowest BCUT2D eigenvalue weighted by atomic mass is 9.95. The van der Waals surface area contributed by atoms with Crippen molar-refractivity contribution in [3.63, 3.8) is 0 Å². The van der Waals surface area contributed by atoms with Crippen molar-refractivity contribution in [2.45, 2.75) is 32.7 Å². The van der Waals surface area contributed by atoms with E-state index in [1.165, 1.54) is 13.4 Å². The third-order valence-corrected chi connectivity index (χ3v) is 3.17. The maximum absolute atomic E-state index is 11.5. The second-order valence-corrected chi connectivity index (χ2v) is 4.23. The van der Waals surface area contributed by atoms with Crippen molar-refractivity contribution in [3.8, 4) is 5.75 Å². The first-order valence-electron chi connectivity index (χ1n) is 6.25. The van der Waals surface area contributed by atoms with Crippen LogP contribution >= 0.6 is 0 Å². The van der Waals surface area contributed by atoms with Gasteiger partial charge in [0.2, 0.25) is 5.75 Å². The molecule has 102 valence electrons. The molecule has 0 aliphatic carbocycles. The minimum Gasteiger partial charge on any atom is -0.489 e. The SMILES string of the molecule is CCC(CC)C(N)CNc1nc[nH]c(=O)c1OC. The summed E-state index contributed by atoms with van der Waals surface area (Å²) in [6, 6.07) is 0.0331. The van der Waals surface area contributed by atoms with E-state index in [9.17, 15) is 4.79 Å². The van der Waals surface area contributed by atoms with Gasteiger partial charge in [0, 0.05) is 12.6 Å². The van der Waals surface area contributed by atoms with Crippen LogP contribution in [0.25, 0.3) is 0 Å². The second kappa shape index (κ2) is 7.00. The van der Waals surface area contributed by atoms with Crippen molar-refractivity contribution in [3.05, 3.63) is 16.7 Å². The molecule has 1 aromatic heterocycles. The Morgan fingerprint density at radius 1 is 1.50 bits per heavy atom. The van der Waals surface area contributed by atoms with Gasteiger partial charge in [0.1, 0.15) is 0 Å². The second-order valence-electron chi connectivity index (χ2n) is 4.23. The van der Waals surface area contributed by atoms with Crippen molar-refractivity contribution in [2.75, 3.05) is 19.0 Å². The summed E-state index contributed by atoms with van der Waals surface area (Å²) in [5.41, 5.74) is 5.80. The number of nitrogens with two attached hydrogens (primary N) is 1. The summed E-state index contributed by atoms with van der Waals surface area (Å²) < 4.78 is 5.01. The zero-order valence-electron chi connectivity index (χ0n) is 11.2. The fraction of sp³-hybridized carbons (Fsp3) is 0.667. The van der Waals surface area contributed by atoms with E-state index >= 15 is 0 Å². The van der Waals surface area contributed by atoms with Gasteiger partial charge in [-0.25, -0.2) is 4.98 Å². The van der Waals surface area contributed by atoms with Crippen LogP contribution in [0.3, 0.4) is 0 Å². The normalized spacial score (nSPS) is 12.5. The molecule has 0 saturated heterocycles. The molecule has 0 aliphatic heterocycles. The average molecular weight is 254 g/mol. The lowest BCUT2D eigenvalue weighted by Gasteiger charge is -2.21. The smallest absolute Gasteiger partial charge is 0.295 e. The quantitative estimate of drug-likeness (QED) is 0.673. The molecule has 1 atom stereocenters. The number of nitrogens with one attached hydrogen (secondary N) is 2. The van der Waals surface area contributed by atoms with E-state index in [0.717, 1.165) is 12.8 Å². The molecule has 1 aromatic rings. The highest BCUT2D eigenvalue weighted by Crippen LogP contribution is 2.16. The van der Waals surface area contributed by atoms with Gasteiger partial charge in [0.15, 0.2) is 5.82 Å². The highest BCUT2D eigenvalue weighted by molar-refractivity contribution is 5.47. The number of ether oxygens (including phenoxy) is 1. The summed E-state index contributed by atoms with van der Waals surface area (Å²) in [5, 5.41) is 3.07. The van der Waals surface area contributed by atoms with Gasteiger partial charge in [-0.3, -0.25) is 4.79 Å². The van der Waals surface area contributed by atoms with Crippen LogP contribution in [0.2, 0.25) is 0 Å². The van der Waals surface area contributed by atoms with Crippen molar-refractivity contribution < 1.29 is 4.74 Å². The molecule has 6 nitrogen and oxygen atoms in total. The highest BCUT2D eigenvalue weighted by atomic mass is 16.5. The van der Waals surface area contributed by atoms with Crippen LogP contribution < -0.4 is 21.3 Å². The Hall–Kier alpha value is -1.56. The summed E-state index contributed by atoms with van der Waals surface area (Å²) in [6.45, 7) is 4.82. The van der Waals surface area contributed by atoms with Gasteiger partial charge in [-0.2, -0.15) is 0 Å². The number of anilines is 1. The molecular formula is C12H22N4O2. The van der Waals surface area contributed by atoms with Gasteiger partial charge in [0.25, 0.3) is 5.56 Å². The first-order chi connectivity index (χ1) is 8.63. The van der Waals surface area contributed by atoms with Crippen LogP contribution in [0.5, 0.6) is 5.75 Å². The summed E-state index contributed by atoms with van der Waals surface area (Å²) >= 11 is 0. The van der Waals surface area contributed by atoms with E-state index in [4.69, 9.17) is 10.5 Å². The van der Waals surface area contributed by atoms with E-state index in [0.29, 0.717) is 18.3 Å². The predicted octanol–water partition coefficient (Wildman–Crippen LogP) is 0.954. The number of hydrogen-bond acceptors (Lipinski definition) is 5. The Morgan fingerprint density at radius 2 is 2.17 bits per heavy atom. The molecule has 0 radical (unpaired) electrons. The lowest BCUT2D eigenvalue weighted by Crippen LogP contribution is -2.36. The largest absolute Gasteiger partial charge is 0.489 e. The third-order valence-electron chi connectivity index (χ3n) is 3.17. The summed E-state index contributed by atoms with van der Waals surface area (Å²) in [5.74, 6) is 1.09. The number of hydrogen-bond donors (Lipinski definition) is 3. The molecule has 0 bridgehead atoms. The van der Waals surface area contributed by atoms with Crippen LogP contribution in [0.4, 0.5) is 5.82 Å². The number of aromatic nitrogens is 2. The van der Waals surface area contributed by atoms with Gasteiger partial charge in [0.05, 0.1) is 13.4 Å². The first kappa shape index (κ1) is 14.5. The Kier molecular flexibility index (Phi) is 5.64. The van der Waals surface area contributed by atoms with E-state index < -0.39 is 0 Å². The Morgan fingerprint density at radius 3 is 2.72 bits per heavy atom. The number of rotatable bonds is 7. The standard InChI is InChI=1S/C12H22N4O2/c1-4-8(5-2)9(13)6-14-11-10(18-3)12(17)16-7-15-11/h7-9H,4-6,13H2,1-3H3,(H2,14,15,16,17). The van der Waals surface area contributed by atoms with Crippen molar-refractivity contribution >= 4 is 5.82 Å².